The van der Waals surface area contributed by atoms with Gasteiger partial charge in [0, 0.05) is 17.3 Å². The van der Waals surface area contributed by atoms with Crippen LogP contribution < -0.4 is 0 Å². The van der Waals surface area contributed by atoms with Gasteiger partial charge in [-0.1, -0.05) is 21.1 Å². The molecule has 1 aliphatic rings. The van der Waals surface area contributed by atoms with Gasteiger partial charge in [0.25, 0.3) is 5.92 Å². The Labute approximate surface area is 98.6 Å². The van der Waals surface area contributed by atoms with Crippen molar-refractivity contribution in [2.75, 3.05) is 0 Å². The van der Waals surface area contributed by atoms with E-state index < -0.39 is 5.92 Å². The van der Waals surface area contributed by atoms with E-state index in [1.807, 2.05) is 18.2 Å². The zero-order valence-corrected chi connectivity index (χ0v) is 9.79. The maximum Gasteiger partial charge on any atom is 0.252 e. The minimum Gasteiger partial charge on any atom is -0.241 e. The van der Waals surface area contributed by atoms with Crippen molar-refractivity contribution >= 4 is 27.0 Å². The first-order valence-corrected chi connectivity index (χ1v) is 5.73. The third kappa shape index (κ3) is 1.52. The first kappa shape index (κ1) is 10.1. The van der Waals surface area contributed by atoms with Crippen LogP contribution in [0, 0.1) is 0 Å². The lowest BCUT2D eigenvalue weighted by atomic mass is 9.88. The molecular weight excluding hydrogens is 280 g/mol. The fourth-order valence-electron chi connectivity index (χ4n) is 1.99. The number of alkyl halides is 2. The van der Waals surface area contributed by atoms with Crippen LogP contribution in [0.3, 0.4) is 0 Å². The number of benzene rings is 1. The lowest BCUT2D eigenvalue weighted by Crippen LogP contribution is -2.37. The van der Waals surface area contributed by atoms with E-state index in [0.29, 0.717) is 0 Å². The van der Waals surface area contributed by atoms with Gasteiger partial charge in [-0.2, -0.15) is 0 Å². The highest BCUT2D eigenvalue weighted by molar-refractivity contribution is 9.10. The summed E-state index contributed by atoms with van der Waals surface area (Å²) in [5.41, 5.74) is 1.54. The first-order chi connectivity index (χ1) is 7.55. The number of nitrogens with zero attached hydrogens (tertiary/aromatic N) is 3. The minimum absolute atomic E-state index is 0.137. The van der Waals surface area contributed by atoms with Crippen molar-refractivity contribution in [3.8, 4) is 0 Å². The Morgan fingerprint density at radius 3 is 2.81 bits per heavy atom. The van der Waals surface area contributed by atoms with Gasteiger partial charge in [0.1, 0.15) is 5.52 Å². The number of hydrogen-bond donors (Lipinski definition) is 0. The quantitative estimate of drug-likeness (QED) is 0.807. The molecule has 0 atom stereocenters. The fourth-order valence-corrected chi connectivity index (χ4v) is 2.34. The van der Waals surface area contributed by atoms with Crippen LogP contribution in [-0.2, 0) is 0 Å². The number of fused-ring (bicyclic) bond motifs is 1. The molecular formula is C10H8BrF2N3. The topological polar surface area (TPSA) is 30.7 Å². The van der Waals surface area contributed by atoms with Gasteiger partial charge in [0.2, 0.25) is 0 Å². The smallest absolute Gasteiger partial charge is 0.241 e. The number of aromatic nitrogens is 3. The summed E-state index contributed by atoms with van der Waals surface area (Å²) in [5.74, 6) is -2.53. The predicted molar refractivity (Wildman–Crippen MR) is 58.4 cm³/mol. The van der Waals surface area contributed by atoms with Gasteiger partial charge in [-0.3, -0.25) is 0 Å². The third-order valence-electron chi connectivity index (χ3n) is 2.85. The normalized spacial score (nSPS) is 19.9. The molecule has 1 saturated carbocycles. The van der Waals surface area contributed by atoms with Crippen molar-refractivity contribution in [1.82, 2.24) is 15.0 Å². The molecule has 0 unspecified atom stereocenters. The Hall–Kier alpha value is -1.04. The molecule has 1 aliphatic carbocycles. The number of hydrogen-bond acceptors (Lipinski definition) is 2. The van der Waals surface area contributed by atoms with Gasteiger partial charge < -0.3 is 0 Å². The van der Waals surface area contributed by atoms with E-state index in [0.717, 1.165) is 15.5 Å². The highest BCUT2D eigenvalue weighted by Gasteiger charge is 2.47. The second kappa shape index (κ2) is 3.23. The Bertz CT molecular complexity index is 544. The van der Waals surface area contributed by atoms with E-state index >= 15 is 0 Å². The van der Waals surface area contributed by atoms with Gasteiger partial charge in [-0.25, -0.2) is 13.5 Å². The average molecular weight is 288 g/mol. The molecule has 0 saturated heterocycles. The predicted octanol–water partition coefficient (Wildman–Crippen LogP) is 3.16. The lowest BCUT2D eigenvalue weighted by molar-refractivity contribution is -0.106. The molecule has 2 aromatic rings. The molecule has 0 spiro atoms. The zero-order valence-electron chi connectivity index (χ0n) is 8.20. The van der Waals surface area contributed by atoms with Crippen molar-refractivity contribution in [3.05, 3.63) is 22.7 Å². The van der Waals surface area contributed by atoms with Crippen molar-refractivity contribution in [2.45, 2.75) is 24.8 Å². The number of halogens is 3. The molecule has 16 heavy (non-hydrogen) atoms. The maximum absolute atomic E-state index is 12.8. The molecule has 84 valence electrons. The largest absolute Gasteiger partial charge is 0.252 e. The maximum atomic E-state index is 12.8. The zero-order chi connectivity index (χ0) is 11.3. The third-order valence-corrected chi connectivity index (χ3v) is 3.34. The summed E-state index contributed by atoms with van der Waals surface area (Å²) in [5, 5.41) is 7.90. The standard InChI is InChI=1S/C10H8BrF2N3/c11-6-1-2-9-8(3-6)14-15-16(9)7-4-10(12,13)5-7/h1-3,7H,4-5H2. The molecule has 0 N–H and O–H groups in total. The highest BCUT2D eigenvalue weighted by atomic mass is 79.9. The Balaban J connectivity index is 2.00. The van der Waals surface area contributed by atoms with Crippen LogP contribution in [-0.4, -0.2) is 20.9 Å². The lowest BCUT2D eigenvalue weighted by Gasteiger charge is -2.34. The van der Waals surface area contributed by atoms with Crippen molar-refractivity contribution in [2.24, 2.45) is 0 Å². The first-order valence-electron chi connectivity index (χ1n) is 4.93. The number of rotatable bonds is 1. The van der Waals surface area contributed by atoms with Crippen LogP contribution in [0.5, 0.6) is 0 Å². The summed E-state index contributed by atoms with van der Waals surface area (Å²) in [6, 6.07) is 5.31. The van der Waals surface area contributed by atoms with E-state index in [1.54, 1.807) is 4.68 Å². The Morgan fingerprint density at radius 2 is 2.12 bits per heavy atom. The molecule has 0 aliphatic heterocycles. The van der Waals surface area contributed by atoms with E-state index in [1.165, 1.54) is 0 Å². The second-order valence-corrected chi connectivity index (χ2v) is 5.00. The van der Waals surface area contributed by atoms with E-state index in [9.17, 15) is 8.78 Å². The van der Waals surface area contributed by atoms with Crippen molar-refractivity contribution < 1.29 is 8.78 Å². The Kier molecular flexibility index (Phi) is 2.04. The summed E-state index contributed by atoms with van der Waals surface area (Å²) in [4.78, 5) is 0. The van der Waals surface area contributed by atoms with Gasteiger partial charge in [-0.15, -0.1) is 5.10 Å². The summed E-state index contributed by atoms with van der Waals surface area (Å²) >= 11 is 3.33. The molecule has 0 bridgehead atoms. The second-order valence-electron chi connectivity index (χ2n) is 4.09. The van der Waals surface area contributed by atoms with E-state index in [4.69, 9.17) is 0 Å². The summed E-state index contributed by atoms with van der Waals surface area (Å²) < 4.78 is 28.1. The molecule has 3 rings (SSSR count). The molecule has 1 aromatic heterocycles. The van der Waals surface area contributed by atoms with E-state index in [-0.39, 0.29) is 18.9 Å². The molecule has 6 heteroatoms. The molecule has 1 fully saturated rings. The SMILES string of the molecule is FC1(F)CC(n2nnc3cc(Br)ccc32)C1. The van der Waals surface area contributed by atoms with Gasteiger partial charge in [0.05, 0.1) is 11.6 Å². The molecule has 1 heterocycles. The van der Waals surface area contributed by atoms with Crippen LogP contribution in [0.25, 0.3) is 11.0 Å². The molecule has 0 amide bonds. The average Bonchev–Trinajstić information content (AvgIpc) is 2.56. The summed E-state index contributed by atoms with van der Waals surface area (Å²) in [6.45, 7) is 0. The van der Waals surface area contributed by atoms with Crippen molar-refractivity contribution in [3.63, 3.8) is 0 Å². The van der Waals surface area contributed by atoms with Crippen LogP contribution in [0.4, 0.5) is 8.78 Å². The minimum atomic E-state index is -2.53. The van der Waals surface area contributed by atoms with Gasteiger partial charge in [-0.05, 0) is 18.2 Å². The monoisotopic (exact) mass is 287 g/mol. The fraction of sp³-hybridized carbons (Fsp3) is 0.400. The van der Waals surface area contributed by atoms with Crippen LogP contribution in [0.2, 0.25) is 0 Å². The molecule has 1 aromatic carbocycles. The van der Waals surface area contributed by atoms with Crippen LogP contribution in [0.15, 0.2) is 22.7 Å². The summed E-state index contributed by atoms with van der Waals surface area (Å²) in [7, 11) is 0. The van der Waals surface area contributed by atoms with Gasteiger partial charge in [0.15, 0.2) is 0 Å². The Morgan fingerprint density at radius 1 is 1.38 bits per heavy atom. The van der Waals surface area contributed by atoms with Crippen LogP contribution in [0.1, 0.15) is 18.9 Å². The molecule has 3 nitrogen and oxygen atoms in total. The molecule has 0 radical (unpaired) electrons. The van der Waals surface area contributed by atoms with Crippen LogP contribution >= 0.6 is 15.9 Å². The van der Waals surface area contributed by atoms with E-state index in [2.05, 4.69) is 26.2 Å². The highest BCUT2D eigenvalue weighted by Crippen LogP contribution is 2.45. The van der Waals surface area contributed by atoms with Crippen molar-refractivity contribution in [1.29, 1.82) is 0 Å². The van der Waals surface area contributed by atoms with Gasteiger partial charge >= 0.3 is 0 Å². The summed E-state index contributed by atoms with van der Waals surface area (Å²) in [6.07, 6.45) is -0.275.